The van der Waals surface area contributed by atoms with Crippen LogP contribution in [0.15, 0.2) is 23.1 Å². The average Bonchev–Trinajstić information content (AvgIpc) is 3.16. The Labute approximate surface area is 166 Å². The normalized spacial score (nSPS) is 23.0. The van der Waals surface area contributed by atoms with Gasteiger partial charge in [-0.2, -0.15) is 4.31 Å². The Balaban J connectivity index is 1.90. The zero-order chi connectivity index (χ0) is 20.9. The van der Waals surface area contributed by atoms with E-state index < -0.39 is 27.6 Å². The lowest BCUT2D eigenvalue weighted by molar-refractivity contribution is -0.158. The van der Waals surface area contributed by atoms with Crippen LogP contribution in [0.25, 0.3) is 0 Å². The van der Waals surface area contributed by atoms with E-state index in [0.29, 0.717) is 25.8 Å². The van der Waals surface area contributed by atoms with Crippen LogP contribution < -0.4 is 4.90 Å². The Morgan fingerprint density at radius 3 is 2.50 bits per heavy atom. The van der Waals surface area contributed by atoms with Crippen LogP contribution >= 0.6 is 0 Å². The minimum absolute atomic E-state index is 0.00764. The summed E-state index contributed by atoms with van der Waals surface area (Å²) in [6.07, 6.45) is 1.67. The highest BCUT2D eigenvalue weighted by Crippen LogP contribution is 2.36. The minimum Gasteiger partial charge on any atom is -0.459 e. The molecule has 28 heavy (non-hydrogen) atoms. The number of fused-ring (bicyclic) bond motifs is 1. The monoisotopic (exact) mass is 408 g/mol. The van der Waals surface area contributed by atoms with Crippen molar-refractivity contribution in [2.75, 3.05) is 11.4 Å². The lowest BCUT2D eigenvalue weighted by Gasteiger charge is -2.27. The molecule has 7 nitrogen and oxygen atoms in total. The average molecular weight is 409 g/mol. The molecular weight excluding hydrogens is 380 g/mol. The standard InChI is InChI=1S/C20H28N2O5S/c1-13-11-15-12-16(8-9-17(15)22(13)14(2)23)28(25,26)21-10-6-7-18(21)19(24)27-20(3,4)5/h8-9,12-13,18H,6-7,10-11H2,1-5H3/t13-,18-/m1/s1. The number of anilines is 1. The molecule has 0 spiro atoms. The van der Waals surface area contributed by atoms with Crippen molar-refractivity contribution >= 4 is 27.6 Å². The second kappa shape index (κ2) is 7.15. The Morgan fingerprint density at radius 2 is 1.89 bits per heavy atom. The van der Waals surface area contributed by atoms with Crippen molar-refractivity contribution in [3.8, 4) is 0 Å². The number of rotatable bonds is 3. The van der Waals surface area contributed by atoms with Crippen molar-refractivity contribution in [3.05, 3.63) is 23.8 Å². The number of sulfonamides is 1. The van der Waals surface area contributed by atoms with E-state index in [1.807, 2.05) is 6.92 Å². The maximum atomic E-state index is 13.2. The quantitative estimate of drug-likeness (QED) is 0.718. The highest BCUT2D eigenvalue weighted by atomic mass is 32.2. The predicted molar refractivity (Wildman–Crippen MR) is 106 cm³/mol. The van der Waals surface area contributed by atoms with Crippen LogP contribution in [-0.4, -0.2) is 48.8 Å². The summed E-state index contributed by atoms with van der Waals surface area (Å²) < 4.78 is 33.2. The number of carbonyl (C=O) groups is 2. The molecule has 2 aliphatic heterocycles. The molecule has 3 rings (SSSR count). The largest absolute Gasteiger partial charge is 0.459 e. The maximum absolute atomic E-state index is 13.2. The second-order valence-corrected chi connectivity index (χ2v) is 10.4. The molecule has 0 bridgehead atoms. The number of nitrogens with zero attached hydrogens (tertiary/aromatic N) is 2. The van der Waals surface area contributed by atoms with E-state index in [-0.39, 0.29) is 16.8 Å². The van der Waals surface area contributed by atoms with Crippen LogP contribution in [-0.2, 0) is 30.8 Å². The first kappa shape index (κ1) is 20.8. The van der Waals surface area contributed by atoms with Gasteiger partial charge < -0.3 is 9.64 Å². The highest BCUT2D eigenvalue weighted by Gasteiger charge is 2.42. The van der Waals surface area contributed by atoms with Crippen LogP contribution in [0.2, 0.25) is 0 Å². The Hall–Kier alpha value is -1.93. The van der Waals surface area contributed by atoms with Crippen LogP contribution in [0.3, 0.4) is 0 Å². The fourth-order valence-electron chi connectivity index (χ4n) is 4.02. The summed E-state index contributed by atoms with van der Waals surface area (Å²) in [5, 5.41) is 0. The molecule has 1 amide bonds. The van der Waals surface area contributed by atoms with Crippen molar-refractivity contribution in [2.45, 2.75) is 76.5 Å². The first-order valence-corrected chi connectivity index (χ1v) is 11.0. The van der Waals surface area contributed by atoms with E-state index in [2.05, 4.69) is 0 Å². The van der Waals surface area contributed by atoms with Gasteiger partial charge in [-0.05, 0) is 70.7 Å². The summed E-state index contributed by atoms with van der Waals surface area (Å²) in [5.74, 6) is -0.572. The van der Waals surface area contributed by atoms with Crippen molar-refractivity contribution < 1.29 is 22.7 Å². The Kier molecular flexibility index (Phi) is 5.31. The third-order valence-electron chi connectivity index (χ3n) is 5.09. The van der Waals surface area contributed by atoms with Gasteiger partial charge in [0.1, 0.15) is 11.6 Å². The zero-order valence-electron chi connectivity index (χ0n) is 17.1. The first-order chi connectivity index (χ1) is 12.9. The molecule has 0 aliphatic carbocycles. The van der Waals surface area contributed by atoms with E-state index in [9.17, 15) is 18.0 Å². The van der Waals surface area contributed by atoms with Gasteiger partial charge in [-0.15, -0.1) is 0 Å². The molecule has 2 aliphatic rings. The summed E-state index contributed by atoms with van der Waals surface area (Å²) in [5.41, 5.74) is 0.912. The lowest BCUT2D eigenvalue weighted by Crippen LogP contribution is -2.43. The smallest absolute Gasteiger partial charge is 0.324 e. The van der Waals surface area contributed by atoms with Gasteiger partial charge in [0.2, 0.25) is 15.9 Å². The molecule has 154 valence electrons. The summed E-state index contributed by atoms with van der Waals surface area (Å²) in [4.78, 5) is 26.3. The molecule has 0 N–H and O–H groups in total. The Morgan fingerprint density at radius 1 is 1.21 bits per heavy atom. The van der Waals surface area contributed by atoms with Gasteiger partial charge in [0.15, 0.2) is 0 Å². The van der Waals surface area contributed by atoms with Crippen molar-refractivity contribution in [3.63, 3.8) is 0 Å². The third kappa shape index (κ3) is 3.80. The number of hydrogen-bond acceptors (Lipinski definition) is 5. The van der Waals surface area contributed by atoms with E-state index in [4.69, 9.17) is 4.74 Å². The summed E-state index contributed by atoms with van der Waals surface area (Å²) >= 11 is 0. The van der Waals surface area contributed by atoms with E-state index in [0.717, 1.165) is 11.3 Å². The van der Waals surface area contributed by atoms with Gasteiger partial charge in [0.25, 0.3) is 0 Å². The summed E-state index contributed by atoms with van der Waals surface area (Å²) in [6, 6.07) is 4.03. The summed E-state index contributed by atoms with van der Waals surface area (Å²) in [6.45, 7) is 9.03. The molecule has 0 unspecified atom stereocenters. The fourth-order valence-corrected chi connectivity index (χ4v) is 5.71. The van der Waals surface area contributed by atoms with Crippen molar-refractivity contribution in [2.24, 2.45) is 0 Å². The Bertz CT molecular complexity index is 904. The molecule has 1 saturated heterocycles. The molecule has 1 fully saturated rings. The SMILES string of the molecule is CC(=O)N1c2ccc(S(=O)(=O)N3CCC[C@@H]3C(=O)OC(C)(C)C)cc2C[C@H]1C. The van der Waals surface area contributed by atoms with E-state index in [1.165, 1.54) is 17.3 Å². The molecule has 0 saturated carbocycles. The number of ether oxygens (including phenoxy) is 1. The predicted octanol–water partition coefficient (Wildman–Crippen LogP) is 2.48. The number of esters is 1. The highest BCUT2D eigenvalue weighted by molar-refractivity contribution is 7.89. The molecule has 8 heteroatoms. The topological polar surface area (TPSA) is 84.0 Å². The number of hydrogen-bond donors (Lipinski definition) is 0. The van der Waals surface area contributed by atoms with E-state index >= 15 is 0 Å². The molecule has 1 aromatic carbocycles. The molecular formula is C20H28N2O5S. The molecule has 2 heterocycles. The summed E-state index contributed by atoms with van der Waals surface area (Å²) in [7, 11) is -3.84. The van der Waals surface area contributed by atoms with Crippen LogP contribution in [0.5, 0.6) is 0 Å². The lowest BCUT2D eigenvalue weighted by atomic mass is 10.1. The maximum Gasteiger partial charge on any atom is 0.324 e. The van der Waals surface area contributed by atoms with E-state index in [1.54, 1.807) is 37.8 Å². The van der Waals surface area contributed by atoms with Gasteiger partial charge in [0, 0.05) is 25.2 Å². The van der Waals surface area contributed by atoms with Crippen molar-refractivity contribution in [1.82, 2.24) is 4.31 Å². The van der Waals surface area contributed by atoms with Crippen LogP contribution in [0, 0.1) is 0 Å². The van der Waals surface area contributed by atoms with Gasteiger partial charge in [-0.25, -0.2) is 8.42 Å². The molecule has 0 aromatic heterocycles. The minimum atomic E-state index is -3.84. The fraction of sp³-hybridized carbons (Fsp3) is 0.600. The van der Waals surface area contributed by atoms with Crippen LogP contribution in [0.1, 0.15) is 53.0 Å². The van der Waals surface area contributed by atoms with Gasteiger partial charge in [-0.3, -0.25) is 9.59 Å². The van der Waals surface area contributed by atoms with Crippen LogP contribution in [0.4, 0.5) is 5.69 Å². The molecule has 2 atom stereocenters. The number of amides is 1. The first-order valence-electron chi connectivity index (χ1n) is 9.59. The van der Waals surface area contributed by atoms with Gasteiger partial charge in [0.05, 0.1) is 4.90 Å². The number of benzene rings is 1. The molecule has 0 radical (unpaired) electrons. The van der Waals surface area contributed by atoms with Gasteiger partial charge >= 0.3 is 5.97 Å². The van der Waals surface area contributed by atoms with Crippen molar-refractivity contribution in [1.29, 1.82) is 0 Å². The number of carbonyl (C=O) groups excluding carboxylic acids is 2. The molecule has 1 aromatic rings. The third-order valence-corrected chi connectivity index (χ3v) is 7.00. The second-order valence-electron chi connectivity index (χ2n) is 8.54. The van der Waals surface area contributed by atoms with Gasteiger partial charge in [-0.1, -0.05) is 0 Å². The zero-order valence-corrected chi connectivity index (χ0v) is 17.9.